The zero-order valence-electron chi connectivity index (χ0n) is 14.4. The molecule has 1 aromatic carbocycles. The van der Waals surface area contributed by atoms with Crippen LogP contribution < -0.4 is 0 Å². The normalized spacial score (nSPS) is 35.7. The van der Waals surface area contributed by atoms with Crippen LogP contribution in [-0.2, 0) is 21.4 Å². The maximum Gasteiger partial charge on any atom is 0.333 e. The maximum absolute atomic E-state index is 11.6. The van der Waals surface area contributed by atoms with E-state index in [1.807, 2.05) is 6.07 Å². The van der Waals surface area contributed by atoms with Crippen LogP contribution in [0.3, 0.4) is 0 Å². The Kier molecular flexibility index (Phi) is 3.50. The fourth-order valence-electron chi connectivity index (χ4n) is 4.92. The number of hydrogen-bond donors (Lipinski definition) is 1. The Balaban J connectivity index is 1.60. The molecule has 128 valence electrons. The SMILES string of the molecule is C=C1C[C@@H](CN2CC[C@@]3(C)c4cc(O)ccc4C[C@@H]2[C@@H]3C)OC1=O. The van der Waals surface area contributed by atoms with E-state index < -0.39 is 0 Å². The molecule has 0 radical (unpaired) electrons. The van der Waals surface area contributed by atoms with Crippen LogP contribution in [-0.4, -0.2) is 41.2 Å². The van der Waals surface area contributed by atoms with Gasteiger partial charge in [0, 0.05) is 24.6 Å². The lowest BCUT2D eigenvalue weighted by Gasteiger charge is -2.55. The third-order valence-corrected chi connectivity index (χ3v) is 6.58. The highest BCUT2D eigenvalue weighted by molar-refractivity contribution is 5.89. The molecule has 4 rings (SSSR count). The van der Waals surface area contributed by atoms with Crippen molar-refractivity contribution in [1.82, 2.24) is 4.90 Å². The van der Waals surface area contributed by atoms with Gasteiger partial charge in [0.1, 0.15) is 11.9 Å². The third kappa shape index (κ3) is 2.27. The first kappa shape index (κ1) is 15.7. The zero-order chi connectivity index (χ0) is 17.1. The molecule has 1 aliphatic carbocycles. The Bertz CT molecular complexity index is 697. The number of piperidine rings is 1. The molecule has 2 saturated heterocycles. The molecule has 1 N–H and O–H groups in total. The van der Waals surface area contributed by atoms with Crippen molar-refractivity contribution in [2.24, 2.45) is 5.92 Å². The second kappa shape index (κ2) is 5.35. The molecule has 4 atom stereocenters. The Morgan fingerprint density at radius 3 is 2.92 bits per heavy atom. The molecule has 1 aromatic rings. The number of ether oxygens (including phenoxy) is 1. The summed E-state index contributed by atoms with van der Waals surface area (Å²) in [6, 6.07) is 6.28. The quantitative estimate of drug-likeness (QED) is 0.670. The molecule has 3 aliphatic rings. The number of nitrogens with zero attached hydrogens (tertiary/aromatic N) is 1. The smallest absolute Gasteiger partial charge is 0.333 e. The number of likely N-dealkylation sites (tertiary alicyclic amines) is 1. The van der Waals surface area contributed by atoms with Crippen molar-refractivity contribution >= 4 is 5.97 Å². The van der Waals surface area contributed by atoms with Gasteiger partial charge in [0.25, 0.3) is 0 Å². The number of cyclic esters (lactones) is 1. The monoisotopic (exact) mass is 327 g/mol. The molecule has 4 nitrogen and oxygen atoms in total. The number of phenolic OH excluding ortho intramolecular Hbond substituents is 1. The van der Waals surface area contributed by atoms with E-state index in [1.165, 1.54) is 11.1 Å². The Morgan fingerprint density at radius 2 is 2.21 bits per heavy atom. The van der Waals surface area contributed by atoms with Crippen molar-refractivity contribution in [3.63, 3.8) is 0 Å². The average Bonchev–Trinajstić information content (AvgIpc) is 2.85. The van der Waals surface area contributed by atoms with Gasteiger partial charge in [-0.25, -0.2) is 4.79 Å². The highest BCUT2D eigenvalue weighted by Crippen LogP contribution is 2.49. The first-order chi connectivity index (χ1) is 11.4. The fraction of sp³-hybridized carbons (Fsp3) is 0.550. The van der Waals surface area contributed by atoms with Crippen molar-refractivity contribution in [2.75, 3.05) is 13.1 Å². The Hall–Kier alpha value is -1.81. The number of benzene rings is 1. The van der Waals surface area contributed by atoms with Crippen LogP contribution in [0.2, 0.25) is 0 Å². The molecule has 0 amide bonds. The molecule has 0 aromatic heterocycles. The number of phenols is 1. The molecular formula is C20H25NO3. The topological polar surface area (TPSA) is 49.8 Å². The lowest BCUT2D eigenvalue weighted by molar-refractivity contribution is -0.140. The zero-order valence-corrected chi connectivity index (χ0v) is 14.4. The van der Waals surface area contributed by atoms with E-state index in [4.69, 9.17) is 4.74 Å². The number of carbonyl (C=O) groups excluding carboxylic acids is 1. The predicted molar refractivity (Wildman–Crippen MR) is 91.9 cm³/mol. The van der Waals surface area contributed by atoms with Crippen LogP contribution in [0.15, 0.2) is 30.4 Å². The second-order valence-electron chi connectivity index (χ2n) is 7.90. The predicted octanol–water partition coefficient (Wildman–Crippen LogP) is 2.79. The van der Waals surface area contributed by atoms with Gasteiger partial charge in [0.2, 0.25) is 0 Å². The van der Waals surface area contributed by atoms with E-state index in [1.54, 1.807) is 6.07 Å². The van der Waals surface area contributed by atoms with Crippen LogP contribution >= 0.6 is 0 Å². The fourth-order valence-corrected chi connectivity index (χ4v) is 4.92. The van der Waals surface area contributed by atoms with E-state index in [0.29, 0.717) is 29.7 Å². The first-order valence-electron chi connectivity index (χ1n) is 8.83. The van der Waals surface area contributed by atoms with Crippen LogP contribution in [0.4, 0.5) is 0 Å². The van der Waals surface area contributed by atoms with Crippen molar-refractivity contribution in [2.45, 2.75) is 50.7 Å². The van der Waals surface area contributed by atoms with Crippen molar-refractivity contribution in [3.05, 3.63) is 41.5 Å². The Morgan fingerprint density at radius 1 is 1.42 bits per heavy atom. The lowest BCUT2D eigenvalue weighted by Crippen LogP contribution is -2.59. The van der Waals surface area contributed by atoms with Crippen LogP contribution in [0.1, 0.15) is 37.8 Å². The average molecular weight is 327 g/mol. The minimum atomic E-state index is -0.237. The summed E-state index contributed by atoms with van der Waals surface area (Å²) in [5.74, 6) is 0.625. The second-order valence-corrected chi connectivity index (χ2v) is 7.90. The Labute approximate surface area is 143 Å². The summed E-state index contributed by atoms with van der Waals surface area (Å²) in [6.45, 7) is 10.2. The third-order valence-electron chi connectivity index (χ3n) is 6.58. The van der Waals surface area contributed by atoms with Gasteiger partial charge in [-0.3, -0.25) is 4.90 Å². The summed E-state index contributed by atoms with van der Waals surface area (Å²) in [5, 5.41) is 9.91. The lowest BCUT2D eigenvalue weighted by atomic mass is 9.59. The summed E-state index contributed by atoms with van der Waals surface area (Å²) in [4.78, 5) is 14.1. The molecule has 24 heavy (non-hydrogen) atoms. The number of aromatic hydroxyl groups is 1. The van der Waals surface area contributed by atoms with Crippen LogP contribution in [0.5, 0.6) is 5.75 Å². The van der Waals surface area contributed by atoms with Gasteiger partial charge < -0.3 is 9.84 Å². The first-order valence-corrected chi connectivity index (χ1v) is 8.83. The van der Waals surface area contributed by atoms with Crippen molar-refractivity contribution < 1.29 is 14.6 Å². The summed E-state index contributed by atoms with van der Waals surface area (Å²) < 4.78 is 5.45. The number of fused-ring (bicyclic) bond motifs is 4. The summed E-state index contributed by atoms with van der Waals surface area (Å²) in [5.41, 5.74) is 3.35. The molecule has 2 heterocycles. The van der Waals surface area contributed by atoms with Gasteiger partial charge in [0.15, 0.2) is 0 Å². The summed E-state index contributed by atoms with van der Waals surface area (Å²) in [7, 11) is 0. The van der Waals surface area contributed by atoms with E-state index in [2.05, 4.69) is 31.4 Å². The van der Waals surface area contributed by atoms with Gasteiger partial charge >= 0.3 is 5.97 Å². The van der Waals surface area contributed by atoms with Gasteiger partial charge in [0.05, 0.1) is 0 Å². The van der Waals surface area contributed by atoms with Crippen molar-refractivity contribution in [1.29, 1.82) is 0 Å². The van der Waals surface area contributed by atoms with E-state index in [9.17, 15) is 9.90 Å². The van der Waals surface area contributed by atoms with E-state index in [-0.39, 0.29) is 17.5 Å². The molecule has 0 spiro atoms. The van der Waals surface area contributed by atoms with Gasteiger partial charge in [-0.05, 0) is 54.0 Å². The largest absolute Gasteiger partial charge is 0.508 e. The molecule has 2 aliphatic heterocycles. The number of hydrogen-bond acceptors (Lipinski definition) is 4. The molecule has 2 fully saturated rings. The number of esters is 1. The van der Waals surface area contributed by atoms with E-state index in [0.717, 1.165) is 25.9 Å². The molecule has 2 bridgehead atoms. The summed E-state index contributed by atoms with van der Waals surface area (Å²) in [6.07, 6.45) is 2.65. The van der Waals surface area contributed by atoms with Gasteiger partial charge in [-0.15, -0.1) is 0 Å². The van der Waals surface area contributed by atoms with Gasteiger partial charge in [-0.2, -0.15) is 0 Å². The highest BCUT2D eigenvalue weighted by Gasteiger charge is 2.49. The molecule has 0 unspecified atom stereocenters. The minimum absolute atomic E-state index is 0.0530. The standard InChI is InChI=1S/C20H25NO3/c1-12-8-16(24-19(12)23)11-21-7-6-20(3)13(2)18(21)9-14-4-5-15(22)10-17(14)20/h4-5,10,13,16,18,22H,1,6-9,11H2,2-3H3/t13-,16-,18+,20+/m0/s1. The minimum Gasteiger partial charge on any atom is -0.508 e. The summed E-state index contributed by atoms with van der Waals surface area (Å²) >= 11 is 0. The molecule has 4 heteroatoms. The molecule has 0 saturated carbocycles. The van der Waals surface area contributed by atoms with E-state index >= 15 is 0 Å². The van der Waals surface area contributed by atoms with Gasteiger partial charge in [-0.1, -0.05) is 26.5 Å². The number of rotatable bonds is 2. The maximum atomic E-state index is 11.6. The van der Waals surface area contributed by atoms with Crippen LogP contribution in [0.25, 0.3) is 0 Å². The highest BCUT2D eigenvalue weighted by atomic mass is 16.5. The number of carbonyl (C=O) groups is 1. The molecular weight excluding hydrogens is 302 g/mol. The van der Waals surface area contributed by atoms with Crippen molar-refractivity contribution in [3.8, 4) is 5.75 Å². The van der Waals surface area contributed by atoms with Crippen LogP contribution in [0, 0.1) is 5.92 Å².